The van der Waals surface area contributed by atoms with Gasteiger partial charge in [0.15, 0.2) is 5.78 Å². The number of fused-ring (bicyclic) bond motifs is 5. The van der Waals surface area contributed by atoms with Gasteiger partial charge >= 0.3 is 0 Å². The first kappa shape index (κ1) is 25.4. The van der Waals surface area contributed by atoms with Crippen molar-refractivity contribution in [2.24, 2.45) is 46.3 Å². The van der Waals surface area contributed by atoms with Gasteiger partial charge in [-0.1, -0.05) is 40.2 Å². The van der Waals surface area contributed by atoms with E-state index in [1.165, 1.54) is 31.3 Å². The molecular weight excluding hydrogens is 412 g/mol. The highest BCUT2D eigenvalue weighted by molar-refractivity contribution is 5.94. The molecule has 1 N–H and O–H groups in total. The Labute approximate surface area is 201 Å². The zero-order valence-corrected chi connectivity index (χ0v) is 21.9. The van der Waals surface area contributed by atoms with Crippen LogP contribution in [-0.4, -0.2) is 37.0 Å². The number of hydrogen-bond donors (Lipinski definition) is 1. The number of allylic oxidation sites excluding steroid dienone is 2. The van der Waals surface area contributed by atoms with Gasteiger partial charge in [-0.2, -0.15) is 0 Å². The second kappa shape index (κ2) is 9.74. The molecule has 4 heteroatoms. The SMILES string of the molecule is COCOC1CC[C@@]2(C)C(C1)C(=O)C=C1[C@@H]3CC[C@H]([C@H](C)C(O)CCC(C)C)[C@@]3(C)CC[C@@H]12. The average molecular weight is 461 g/mol. The fourth-order valence-corrected chi connectivity index (χ4v) is 8.58. The lowest BCUT2D eigenvalue weighted by molar-refractivity contribution is -0.142. The number of ether oxygens (including phenoxy) is 2. The van der Waals surface area contributed by atoms with Crippen LogP contribution in [0.3, 0.4) is 0 Å². The minimum absolute atomic E-state index is 0.0654. The van der Waals surface area contributed by atoms with Gasteiger partial charge in [0, 0.05) is 13.0 Å². The highest BCUT2D eigenvalue weighted by atomic mass is 16.7. The molecule has 0 spiro atoms. The van der Waals surface area contributed by atoms with Crippen molar-refractivity contribution in [3.05, 3.63) is 11.6 Å². The summed E-state index contributed by atoms with van der Waals surface area (Å²) in [6.45, 7) is 12.0. The normalized spacial score (nSPS) is 42.4. The van der Waals surface area contributed by atoms with Crippen molar-refractivity contribution in [2.75, 3.05) is 13.9 Å². The molecule has 0 bridgehead atoms. The Hall–Kier alpha value is -0.710. The Morgan fingerprint density at radius 2 is 1.70 bits per heavy atom. The monoisotopic (exact) mass is 460 g/mol. The molecular formula is C29H48O4. The number of rotatable bonds is 8. The van der Waals surface area contributed by atoms with Gasteiger partial charge in [-0.25, -0.2) is 0 Å². The van der Waals surface area contributed by atoms with Gasteiger partial charge in [-0.05, 0) is 104 Å². The van der Waals surface area contributed by atoms with E-state index in [-0.39, 0.29) is 29.0 Å². The Kier molecular flexibility index (Phi) is 7.49. The van der Waals surface area contributed by atoms with Crippen molar-refractivity contribution in [2.45, 2.75) is 105 Å². The largest absolute Gasteiger partial charge is 0.393 e. The molecule has 4 rings (SSSR count). The topological polar surface area (TPSA) is 55.8 Å². The number of aliphatic hydroxyl groups excluding tert-OH is 1. The van der Waals surface area contributed by atoms with E-state index in [1.54, 1.807) is 7.11 Å². The molecule has 4 nitrogen and oxygen atoms in total. The maximum absolute atomic E-state index is 13.5. The number of aliphatic hydroxyl groups is 1. The number of carbonyl (C=O) groups is 1. The van der Waals surface area contributed by atoms with E-state index in [9.17, 15) is 9.90 Å². The van der Waals surface area contributed by atoms with Crippen molar-refractivity contribution in [3.63, 3.8) is 0 Å². The quantitative estimate of drug-likeness (QED) is 0.440. The first-order valence-corrected chi connectivity index (χ1v) is 13.7. The van der Waals surface area contributed by atoms with Gasteiger partial charge in [0.2, 0.25) is 0 Å². The average Bonchev–Trinajstić information content (AvgIpc) is 3.13. The molecule has 4 aliphatic rings. The molecule has 0 saturated heterocycles. The zero-order valence-electron chi connectivity index (χ0n) is 21.9. The molecule has 3 unspecified atom stereocenters. The number of carbonyl (C=O) groups excluding carboxylic acids is 1. The fourth-order valence-electron chi connectivity index (χ4n) is 8.58. The van der Waals surface area contributed by atoms with E-state index in [4.69, 9.17) is 9.47 Å². The summed E-state index contributed by atoms with van der Waals surface area (Å²) in [5, 5.41) is 11.0. The Morgan fingerprint density at radius 1 is 1.00 bits per heavy atom. The van der Waals surface area contributed by atoms with Crippen molar-refractivity contribution >= 4 is 5.78 Å². The Bertz CT molecular complexity index is 744. The predicted octanol–water partition coefficient (Wildman–Crippen LogP) is 6.17. The van der Waals surface area contributed by atoms with Crippen LogP contribution in [0.5, 0.6) is 0 Å². The van der Waals surface area contributed by atoms with Gasteiger partial charge < -0.3 is 14.6 Å². The second-order valence-electron chi connectivity index (χ2n) is 12.8. The maximum atomic E-state index is 13.5. The van der Waals surface area contributed by atoms with Crippen LogP contribution in [0.4, 0.5) is 0 Å². The second-order valence-corrected chi connectivity index (χ2v) is 12.8. The summed E-state index contributed by atoms with van der Waals surface area (Å²) in [5.74, 6) is 2.97. The smallest absolute Gasteiger partial charge is 0.159 e. The third kappa shape index (κ3) is 4.49. The molecule has 3 fully saturated rings. The molecule has 0 amide bonds. The summed E-state index contributed by atoms with van der Waals surface area (Å²) in [7, 11) is 1.66. The van der Waals surface area contributed by atoms with Crippen LogP contribution in [0.2, 0.25) is 0 Å². The number of methoxy groups -OCH3 is 1. The molecule has 0 aromatic carbocycles. The van der Waals surface area contributed by atoms with Crippen LogP contribution in [0.25, 0.3) is 0 Å². The van der Waals surface area contributed by atoms with Gasteiger partial charge in [0.1, 0.15) is 6.79 Å². The van der Waals surface area contributed by atoms with Crippen molar-refractivity contribution in [1.82, 2.24) is 0 Å². The third-order valence-corrected chi connectivity index (χ3v) is 10.6. The zero-order chi connectivity index (χ0) is 24.0. The first-order chi connectivity index (χ1) is 15.6. The highest BCUT2D eigenvalue weighted by Gasteiger charge is 2.60. The minimum Gasteiger partial charge on any atom is -0.393 e. The summed E-state index contributed by atoms with van der Waals surface area (Å²) >= 11 is 0. The molecule has 4 aliphatic carbocycles. The van der Waals surface area contributed by atoms with E-state index in [0.29, 0.717) is 42.2 Å². The predicted molar refractivity (Wildman–Crippen MR) is 132 cm³/mol. The Balaban J connectivity index is 1.53. The lowest BCUT2D eigenvalue weighted by Crippen LogP contribution is -2.53. The van der Waals surface area contributed by atoms with Crippen LogP contribution >= 0.6 is 0 Å². The number of hydrogen-bond acceptors (Lipinski definition) is 4. The lowest BCUT2D eigenvalue weighted by Gasteiger charge is -2.57. The van der Waals surface area contributed by atoms with E-state index in [0.717, 1.165) is 32.1 Å². The standard InChI is InChI=1S/C29H48O4/c1-18(2)7-10-26(30)19(3)22-8-9-23-21-16-27(31)25-15-20(33-17-32-6)11-13-29(25,5)24(21)12-14-28(22,23)4/h16,18-20,22-26,30H,7-15,17H2,1-6H3/t19-,20?,22+,23-,24-,25?,26?,28+,29+/m0/s1. The summed E-state index contributed by atoms with van der Waals surface area (Å²) in [6.07, 6.45) is 11.7. The van der Waals surface area contributed by atoms with Gasteiger partial charge in [0.25, 0.3) is 0 Å². The van der Waals surface area contributed by atoms with Crippen molar-refractivity contribution in [1.29, 1.82) is 0 Å². The first-order valence-electron chi connectivity index (χ1n) is 13.7. The van der Waals surface area contributed by atoms with E-state index in [1.807, 2.05) is 0 Å². The summed E-state index contributed by atoms with van der Waals surface area (Å²) in [6, 6.07) is 0. The fraction of sp³-hybridized carbons (Fsp3) is 0.897. The van der Waals surface area contributed by atoms with Gasteiger partial charge in [0.05, 0.1) is 12.2 Å². The molecule has 9 atom stereocenters. The summed E-state index contributed by atoms with van der Waals surface area (Å²) < 4.78 is 11.0. The molecule has 0 heterocycles. The van der Waals surface area contributed by atoms with Crippen molar-refractivity contribution < 1.29 is 19.4 Å². The van der Waals surface area contributed by atoms with E-state index >= 15 is 0 Å². The van der Waals surface area contributed by atoms with Crippen LogP contribution in [0, 0.1) is 46.3 Å². The van der Waals surface area contributed by atoms with Gasteiger partial charge in [-0.15, -0.1) is 0 Å². The van der Waals surface area contributed by atoms with Crippen LogP contribution < -0.4 is 0 Å². The van der Waals surface area contributed by atoms with E-state index in [2.05, 4.69) is 40.7 Å². The Morgan fingerprint density at radius 3 is 2.39 bits per heavy atom. The van der Waals surface area contributed by atoms with Crippen LogP contribution in [0.15, 0.2) is 11.6 Å². The lowest BCUT2D eigenvalue weighted by atomic mass is 9.47. The minimum atomic E-state index is -0.211. The summed E-state index contributed by atoms with van der Waals surface area (Å²) in [4.78, 5) is 13.5. The van der Waals surface area contributed by atoms with Crippen LogP contribution in [0.1, 0.15) is 92.4 Å². The van der Waals surface area contributed by atoms with Crippen LogP contribution in [-0.2, 0) is 14.3 Å². The number of ketones is 1. The maximum Gasteiger partial charge on any atom is 0.159 e. The summed E-state index contributed by atoms with van der Waals surface area (Å²) in [5.41, 5.74) is 1.74. The molecule has 0 aromatic heterocycles. The molecule has 188 valence electrons. The molecule has 33 heavy (non-hydrogen) atoms. The molecule has 3 saturated carbocycles. The highest BCUT2D eigenvalue weighted by Crippen LogP contribution is 2.66. The molecule has 0 aliphatic heterocycles. The van der Waals surface area contributed by atoms with Crippen molar-refractivity contribution in [3.8, 4) is 0 Å². The third-order valence-electron chi connectivity index (χ3n) is 10.6. The molecule has 0 radical (unpaired) electrons. The van der Waals surface area contributed by atoms with E-state index < -0.39 is 0 Å². The molecule has 0 aromatic rings. The van der Waals surface area contributed by atoms with Gasteiger partial charge in [-0.3, -0.25) is 4.79 Å².